The van der Waals surface area contributed by atoms with Gasteiger partial charge in [-0.3, -0.25) is 4.79 Å². The molecule has 3 nitrogen and oxygen atoms in total. The third kappa shape index (κ3) is 3.97. The highest BCUT2D eigenvalue weighted by molar-refractivity contribution is 6.35. The van der Waals surface area contributed by atoms with Crippen molar-refractivity contribution in [2.75, 3.05) is 5.32 Å². The van der Waals surface area contributed by atoms with Gasteiger partial charge < -0.3 is 11.1 Å². The number of nitrogens with two attached hydrogens (primary N) is 1. The summed E-state index contributed by atoms with van der Waals surface area (Å²) in [6.07, 6.45) is 0.261. The second kappa shape index (κ2) is 6.75. The van der Waals surface area contributed by atoms with E-state index in [-0.39, 0.29) is 12.3 Å². The van der Waals surface area contributed by atoms with E-state index in [0.29, 0.717) is 22.3 Å². The van der Waals surface area contributed by atoms with E-state index in [1.54, 1.807) is 18.2 Å². The van der Waals surface area contributed by atoms with Crippen LogP contribution in [0.25, 0.3) is 0 Å². The standard InChI is InChI=1S/C15H14Cl2N2O/c16-12-6-13(17)8-14(7-12)19-15(20)5-10-3-1-2-4-11(10)9-18/h1-4,6-8H,5,9,18H2,(H,19,20). The van der Waals surface area contributed by atoms with Crippen molar-refractivity contribution in [1.29, 1.82) is 0 Å². The Kier molecular flexibility index (Phi) is 5.01. The average molecular weight is 309 g/mol. The van der Waals surface area contributed by atoms with Crippen LogP contribution in [0, 0.1) is 0 Å². The first kappa shape index (κ1) is 14.9. The lowest BCUT2D eigenvalue weighted by Gasteiger charge is -2.09. The molecule has 0 radical (unpaired) electrons. The van der Waals surface area contributed by atoms with Crippen LogP contribution in [-0.4, -0.2) is 5.91 Å². The molecule has 3 N–H and O–H groups in total. The van der Waals surface area contributed by atoms with E-state index < -0.39 is 0 Å². The van der Waals surface area contributed by atoms with Crippen LogP contribution in [0.4, 0.5) is 5.69 Å². The van der Waals surface area contributed by atoms with Gasteiger partial charge in [-0.1, -0.05) is 47.5 Å². The summed E-state index contributed by atoms with van der Waals surface area (Å²) in [7, 11) is 0. The van der Waals surface area contributed by atoms with E-state index in [0.717, 1.165) is 11.1 Å². The molecule has 0 spiro atoms. The Morgan fingerprint density at radius 3 is 2.25 bits per heavy atom. The molecule has 1 amide bonds. The van der Waals surface area contributed by atoms with Crippen LogP contribution in [0.3, 0.4) is 0 Å². The molecule has 0 aliphatic heterocycles. The first-order valence-electron chi connectivity index (χ1n) is 6.11. The second-order valence-electron chi connectivity index (χ2n) is 4.36. The molecule has 2 rings (SSSR count). The summed E-state index contributed by atoms with van der Waals surface area (Å²) in [5.74, 6) is -0.135. The maximum Gasteiger partial charge on any atom is 0.228 e. The van der Waals surface area contributed by atoms with E-state index in [4.69, 9.17) is 28.9 Å². The number of hydrogen-bond acceptors (Lipinski definition) is 2. The van der Waals surface area contributed by atoms with E-state index >= 15 is 0 Å². The van der Waals surface area contributed by atoms with Crippen LogP contribution in [0.5, 0.6) is 0 Å². The zero-order chi connectivity index (χ0) is 14.5. The van der Waals surface area contributed by atoms with Gasteiger partial charge in [-0.25, -0.2) is 0 Å². The zero-order valence-corrected chi connectivity index (χ0v) is 12.2. The third-order valence-corrected chi connectivity index (χ3v) is 3.27. The number of amides is 1. The number of rotatable bonds is 4. The van der Waals surface area contributed by atoms with Gasteiger partial charge in [-0.2, -0.15) is 0 Å². The molecule has 0 atom stereocenters. The lowest BCUT2D eigenvalue weighted by Crippen LogP contribution is -2.16. The van der Waals surface area contributed by atoms with Crippen LogP contribution < -0.4 is 11.1 Å². The molecule has 0 aromatic heterocycles. The van der Waals surface area contributed by atoms with Crippen molar-refractivity contribution >= 4 is 34.8 Å². The summed E-state index contributed by atoms with van der Waals surface area (Å²) in [5.41, 5.74) is 8.12. The fourth-order valence-electron chi connectivity index (χ4n) is 1.93. The lowest BCUT2D eigenvalue weighted by molar-refractivity contribution is -0.115. The molecule has 0 fully saturated rings. The van der Waals surface area contributed by atoms with Crippen molar-refractivity contribution in [3.63, 3.8) is 0 Å². The lowest BCUT2D eigenvalue weighted by atomic mass is 10.0. The van der Waals surface area contributed by atoms with Gasteiger partial charge in [0, 0.05) is 22.3 Å². The Morgan fingerprint density at radius 1 is 1.05 bits per heavy atom. The average Bonchev–Trinajstić information content (AvgIpc) is 2.37. The summed E-state index contributed by atoms with van der Waals surface area (Å²) in [6, 6.07) is 12.5. The Bertz CT molecular complexity index is 609. The Hall–Kier alpha value is -1.55. The van der Waals surface area contributed by atoms with Gasteiger partial charge in [0.15, 0.2) is 0 Å². The van der Waals surface area contributed by atoms with Crippen molar-refractivity contribution in [3.8, 4) is 0 Å². The van der Waals surface area contributed by atoms with Crippen molar-refractivity contribution in [2.45, 2.75) is 13.0 Å². The highest BCUT2D eigenvalue weighted by Gasteiger charge is 2.08. The number of nitrogens with one attached hydrogen (secondary N) is 1. The molecule has 2 aromatic carbocycles. The molecule has 0 saturated carbocycles. The number of hydrogen-bond donors (Lipinski definition) is 2. The molecule has 0 aliphatic carbocycles. The topological polar surface area (TPSA) is 55.1 Å². The molecule has 0 saturated heterocycles. The third-order valence-electron chi connectivity index (χ3n) is 2.84. The summed E-state index contributed by atoms with van der Waals surface area (Å²) >= 11 is 11.8. The van der Waals surface area contributed by atoms with Gasteiger partial charge in [-0.05, 0) is 29.3 Å². The molecular weight excluding hydrogens is 295 g/mol. The first-order chi connectivity index (χ1) is 9.58. The second-order valence-corrected chi connectivity index (χ2v) is 5.23. The van der Waals surface area contributed by atoms with Gasteiger partial charge in [0.25, 0.3) is 0 Å². The molecule has 0 heterocycles. The van der Waals surface area contributed by atoms with Crippen molar-refractivity contribution < 1.29 is 4.79 Å². The molecule has 104 valence electrons. The Labute approximate surface area is 127 Å². The first-order valence-corrected chi connectivity index (χ1v) is 6.87. The monoisotopic (exact) mass is 308 g/mol. The predicted octanol–water partition coefficient (Wildman–Crippen LogP) is 3.63. The summed E-state index contributed by atoms with van der Waals surface area (Å²) < 4.78 is 0. The fraction of sp³-hybridized carbons (Fsp3) is 0.133. The van der Waals surface area contributed by atoms with Crippen LogP contribution in [0.15, 0.2) is 42.5 Å². The quantitative estimate of drug-likeness (QED) is 0.906. The molecule has 0 unspecified atom stereocenters. The summed E-state index contributed by atoms with van der Waals surface area (Å²) in [5, 5.41) is 3.74. The zero-order valence-electron chi connectivity index (χ0n) is 10.7. The minimum Gasteiger partial charge on any atom is -0.326 e. The normalized spacial score (nSPS) is 10.3. The minimum absolute atomic E-state index is 0.135. The molecule has 2 aromatic rings. The number of carbonyl (C=O) groups excluding carboxylic acids is 1. The number of carbonyl (C=O) groups is 1. The largest absolute Gasteiger partial charge is 0.326 e. The smallest absolute Gasteiger partial charge is 0.228 e. The van der Waals surface area contributed by atoms with E-state index in [1.807, 2.05) is 24.3 Å². The van der Waals surface area contributed by atoms with E-state index in [1.165, 1.54) is 0 Å². The fourth-order valence-corrected chi connectivity index (χ4v) is 2.46. The van der Waals surface area contributed by atoms with Crippen LogP contribution in [0.2, 0.25) is 10.0 Å². The van der Waals surface area contributed by atoms with E-state index in [2.05, 4.69) is 5.32 Å². The molecule has 0 aliphatic rings. The minimum atomic E-state index is -0.135. The van der Waals surface area contributed by atoms with Crippen LogP contribution in [0.1, 0.15) is 11.1 Å². The summed E-state index contributed by atoms with van der Waals surface area (Å²) in [4.78, 5) is 12.0. The SMILES string of the molecule is NCc1ccccc1CC(=O)Nc1cc(Cl)cc(Cl)c1. The van der Waals surface area contributed by atoms with Crippen molar-refractivity contribution in [2.24, 2.45) is 5.73 Å². The maximum atomic E-state index is 12.0. The van der Waals surface area contributed by atoms with Gasteiger partial charge >= 0.3 is 0 Å². The number of benzene rings is 2. The summed E-state index contributed by atoms with van der Waals surface area (Å²) in [6.45, 7) is 0.409. The highest BCUT2D eigenvalue weighted by atomic mass is 35.5. The maximum absolute atomic E-state index is 12.0. The number of anilines is 1. The highest BCUT2D eigenvalue weighted by Crippen LogP contribution is 2.22. The Balaban J connectivity index is 2.09. The predicted molar refractivity (Wildman–Crippen MR) is 83.1 cm³/mol. The van der Waals surface area contributed by atoms with Crippen molar-refractivity contribution in [1.82, 2.24) is 0 Å². The van der Waals surface area contributed by atoms with Gasteiger partial charge in [0.05, 0.1) is 6.42 Å². The molecule has 20 heavy (non-hydrogen) atoms. The van der Waals surface area contributed by atoms with Gasteiger partial charge in [0.1, 0.15) is 0 Å². The van der Waals surface area contributed by atoms with Gasteiger partial charge in [0.2, 0.25) is 5.91 Å². The van der Waals surface area contributed by atoms with Crippen molar-refractivity contribution in [3.05, 3.63) is 63.6 Å². The van der Waals surface area contributed by atoms with E-state index in [9.17, 15) is 4.79 Å². The van der Waals surface area contributed by atoms with Crippen LogP contribution in [-0.2, 0) is 17.8 Å². The van der Waals surface area contributed by atoms with Crippen LogP contribution >= 0.6 is 23.2 Å². The van der Waals surface area contributed by atoms with Gasteiger partial charge in [-0.15, -0.1) is 0 Å². The molecule has 0 bridgehead atoms. The Morgan fingerprint density at radius 2 is 1.65 bits per heavy atom. The number of halogens is 2. The molecular formula is C15H14Cl2N2O. The molecule has 5 heteroatoms.